The third-order valence-corrected chi connectivity index (χ3v) is 6.08. The zero-order valence-electron chi connectivity index (χ0n) is 19.3. The van der Waals surface area contributed by atoms with E-state index in [4.69, 9.17) is 9.47 Å². The molecule has 0 spiro atoms. The lowest BCUT2D eigenvalue weighted by molar-refractivity contribution is -0.137. The van der Waals surface area contributed by atoms with Gasteiger partial charge in [-0.05, 0) is 36.2 Å². The molecule has 0 fully saturated rings. The third-order valence-electron chi connectivity index (χ3n) is 6.08. The van der Waals surface area contributed by atoms with Crippen LogP contribution in [0.2, 0.25) is 0 Å². The molecule has 9 heteroatoms. The number of para-hydroxylation sites is 1. The standard InChI is InChI=1S/C27H22F3N3O3/c1-2-16-7-5-11-20-21(13-14-35-24(16)20)31-25(34)23-19-10-3-4-12-22(19)32-33-26(23)36-18-9-6-8-17(15-18)27(28,29)30/h3-12,15,21H,2,13-14H2,1H3,(H,31,34)/t21-/m0/s1. The zero-order chi connectivity index (χ0) is 25.3. The number of hydrogen-bond donors (Lipinski definition) is 1. The Bertz CT molecular complexity index is 1440. The van der Waals surface area contributed by atoms with Crippen LogP contribution in [-0.4, -0.2) is 22.7 Å². The van der Waals surface area contributed by atoms with E-state index in [-0.39, 0.29) is 23.2 Å². The van der Waals surface area contributed by atoms with Crippen molar-refractivity contribution in [2.75, 3.05) is 6.61 Å². The van der Waals surface area contributed by atoms with Crippen molar-refractivity contribution in [3.05, 3.63) is 89.0 Å². The van der Waals surface area contributed by atoms with Gasteiger partial charge in [-0.1, -0.05) is 49.4 Å². The molecule has 36 heavy (non-hydrogen) atoms. The van der Waals surface area contributed by atoms with E-state index in [2.05, 4.69) is 15.5 Å². The number of carbonyl (C=O) groups excluding carboxylic acids is 1. The van der Waals surface area contributed by atoms with E-state index in [1.807, 2.05) is 25.1 Å². The smallest absolute Gasteiger partial charge is 0.416 e. The molecule has 1 amide bonds. The Morgan fingerprint density at radius 3 is 2.69 bits per heavy atom. The first-order valence-corrected chi connectivity index (χ1v) is 11.5. The van der Waals surface area contributed by atoms with Crippen molar-refractivity contribution in [3.63, 3.8) is 0 Å². The number of hydrogen-bond acceptors (Lipinski definition) is 5. The van der Waals surface area contributed by atoms with Crippen molar-refractivity contribution in [1.29, 1.82) is 0 Å². The molecule has 0 saturated carbocycles. The SMILES string of the molecule is CCc1cccc2c1OCC[C@@H]2NC(=O)c1c(Oc2cccc(C(F)(F)F)c2)nnc2ccccc12. The number of aryl methyl sites for hydroxylation is 1. The van der Waals surface area contributed by atoms with E-state index >= 15 is 0 Å². The molecule has 0 bridgehead atoms. The molecule has 0 radical (unpaired) electrons. The van der Waals surface area contributed by atoms with Crippen molar-refractivity contribution < 1.29 is 27.4 Å². The zero-order valence-corrected chi connectivity index (χ0v) is 19.3. The largest absolute Gasteiger partial charge is 0.493 e. The summed E-state index contributed by atoms with van der Waals surface area (Å²) >= 11 is 0. The number of aromatic nitrogens is 2. The van der Waals surface area contributed by atoms with Crippen LogP contribution in [0.5, 0.6) is 17.4 Å². The van der Waals surface area contributed by atoms with Crippen LogP contribution in [0.1, 0.15) is 46.4 Å². The van der Waals surface area contributed by atoms with Gasteiger partial charge < -0.3 is 14.8 Å². The molecule has 2 heterocycles. The first-order chi connectivity index (χ1) is 17.3. The van der Waals surface area contributed by atoms with Gasteiger partial charge in [0.2, 0.25) is 0 Å². The van der Waals surface area contributed by atoms with Gasteiger partial charge in [0.05, 0.1) is 23.7 Å². The Morgan fingerprint density at radius 1 is 1.08 bits per heavy atom. The topological polar surface area (TPSA) is 73.3 Å². The highest BCUT2D eigenvalue weighted by molar-refractivity contribution is 6.08. The first-order valence-electron chi connectivity index (χ1n) is 11.5. The molecule has 6 nitrogen and oxygen atoms in total. The molecule has 5 rings (SSSR count). The lowest BCUT2D eigenvalue weighted by Gasteiger charge is -2.28. The van der Waals surface area contributed by atoms with E-state index in [1.165, 1.54) is 12.1 Å². The van der Waals surface area contributed by atoms with Crippen LogP contribution in [0.3, 0.4) is 0 Å². The molecule has 1 N–H and O–H groups in total. The molecule has 1 atom stereocenters. The third kappa shape index (κ3) is 4.56. The molecule has 0 saturated heterocycles. The van der Waals surface area contributed by atoms with Gasteiger partial charge in [0, 0.05) is 17.4 Å². The summed E-state index contributed by atoms with van der Waals surface area (Å²) in [6.45, 7) is 2.48. The first kappa shape index (κ1) is 23.6. The van der Waals surface area contributed by atoms with Crippen LogP contribution in [0.15, 0.2) is 66.7 Å². The van der Waals surface area contributed by atoms with Crippen LogP contribution >= 0.6 is 0 Å². The van der Waals surface area contributed by atoms with Gasteiger partial charge in [-0.25, -0.2) is 0 Å². The van der Waals surface area contributed by atoms with Crippen molar-refractivity contribution in [2.45, 2.75) is 32.0 Å². The Morgan fingerprint density at radius 2 is 1.89 bits per heavy atom. The average Bonchev–Trinajstić information content (AvgIpc) is 2.88. The van der Waals surface area contributed by atoms with Crippen LogP contribution in [0.4, 0.5) is 13.2 Å². The van der Waals surface area contributed by atoms with E-state index in [9.17, 15) is 18.0 Å². The predicted molar refractivity (Wildman–Crippen MR) is 127 cm³/mol. The minimum atomic E-state index is -4.54. The minimum absolute atomic E-state index is 0.0951. The van der Waals surface area contributed by atoms with E-state index in [0.717, 1.165) is 35.4 Å². The summed E-state index contributed by atoms with van der Waals surface area (Å²) in [5.74, 6) is 0.0186. The molecule has 0 aliphatic carbocycles. The fourth-order valence-electron chi connectivity index (χ4n) is 4.32. The summed E-state index contributed by atoms with van der Waals surface area (Å²) in [6.07, 6.45) is -3.19. The number of halogens is 3. The maximum Gasteiger partial charge on any atom is 0.416 e. The van der Waals surface area contributed by atoms with E-state index in [0.29, 0.717) is 23.9 Å². The number of benzene rings is 3. The summed E-state index contributed by atoms with van der Waals surface area (Å²) in [7, 11) is 0. The second-order valence-electron chi connectivity index (χ2n) is 8.38. The molecule has 1 aromatic heterocycles. The second kappa shape index (κ2) is 9.49. The Labute approximate surface area is 205 Å². The van der Waals surface area contributed by atoms with Gasteiger partial charge in [-0.15, -0.1) is 10.2 Å². The van der Waals surface area contributed by atoms with Crippen molar-refractivity contribution in [1.82, 2.24) is 15.5 Å². The van der Waals surface area contributed by atoms with E-state index < -0.39 is 17.6 Å². The fourth-order valence-corrected chi connectivity index (χ4v) is 4.32. The lowest BCUT2D eigenvalue weighted by atomic mass is 9.96. The van der Waals surface area contributed by atoms with Crippen LogP contribution in [-0.2, 0) is 12.6 Å². The van der Waals surface area contributed by atoms with Gasteiger partial charge >= 0.3 is 6.18 Å². The van der Waals surface area contributed by atoms with Gasteiger partial charge in [-0.3, -0.25) is 4.79 Å². The lowest BCUT2D eigenvalue weighted by Crippen LogP contribution is -2.33. The van der Waals surface area contributed by atoms with Crippen LogP contribution in [0, 0.1) is 0 Å². The molecular formula is C27H22F3N3O3. The summed E-state index contributed by atoms with van der Waals surface area (Å²) in [5, 5.41) is 11.7. The highest BCUT2D eigenvalue weighted by Gasteiger charge is 2.31. The number of ether oxygens (including phenoxy) is 2. The minimum Gasteiger partial charge on any atom is -0.493 e. The normalized spacial score (nSPS) is 15.2. The highest BCUT2D eigenvalue weighted by atomic mass is 19.4. The predicted octanol–water partition coefficient (Wildman–Crippen LogP) is 6.26. The maximum atomic E-state index is 13.6. The molecule has 184 valence electrons. The monoisotopic (exact) mass is 493 g/mol. The number of rotatable bonds is 5. The maximum absolute atomic E-state index is 13.6. The number of fused-ring (bicyclic) bond motifs is 2. The number of nitrogens with zero attached hydrogens (tertiary/aromatic N) is 2. The number of alkyl halides is 3. The van der Waals surface area contributed by atoms with Crippen molar-refractivity contribution >= 4 is 16.8 Å². The Balaban J connectivity index is 1.53. The van der Waals surface area contributed by atoms with Crippen LogP contribution in [0.25, 0.3) is 10.9 Å². The quantitative estimate of drug-likeness (QED) is 0.355. The Kier molecular flexibility index (Phi) is 6.22. The fraction of sp³-hybridized carbons (Fsp3) is 0.222. The summed E-state index contributed by atoms with van der Waals surface area (Å²) in [6, 6.07) is 16.8. The summed E-state index contributed by atoms with van der Waals surface area (Å²) < 4.78 is 51.2. The highest BCUT2D eigenvalue weighted by Crippen LogP contribution is 2.37. The number of carbonyl (C=O) groups is 1. The van der Waals surface area contributed by atoms with Crippen molar-refractivity contribution in [2.24, 2.45) is 0 Å². The number of nitrogens with one attached hydrogen (secondary N) is 1. The van der Waals surface area contributed by atoms with Crippen LogP contribution < -0.4 is 14.8 Å². The van der Waals surface area contributed by atoms with Gasteiger partial charge in [0.25, 0.3) is 11.8 Å². The summed E-state index contributed by atoms with van der Waals surface area (Å²) in [4.78, 5) is 13.6. The molecule has 0 unspecified atom stereocenters. The summed E-state index contributed by atoms with van der Waals surface area (Å²) in [5.41, 5.74) is 1.61. The molecule has 3 aromatic carbocycles. The molecule has 1 aliphatic rings. The average molecular weight is 493 g/mol. The van der Waals surface area contributed by atoms with Gasteiger partial charge in [0.15, 0.2) is 0 Å². The Hall–Kier alpha value is -4.14. The molecule has 1 aliphatic heterocycles. The van der Waals surface area contributed by atoms with Crippen molar-refractivity contribution in [3.8, 4) is 17.4 Å². The molecular weight excluding hydrogens is 471 g/mol. The van der Waals surface area contributed by atoms with Gasteiger partial charge in [-0.2, -0.15) is 13.2 Å². The number of amides is 1. The van der Waals surface area contributed by atoms with Gasteiger partial charge in [0.1, 0.15) is 17.1 Å². The second-order valence-corrected chi connectivity index (χ2v) is 8.38. The van der Waals surface area contributed by atoms with E-state index in [1.54, 1.807) is 24.3 Å². The molecule has 4 aromatic rings.